The molecule has 0 saturated carbocycles. The molecule has 0 fully saturated rings. The fraction of sp³-hybridized carbons (Fsp3) is 0.400. The number of hydrogen-bond donors (Lipinski definition) is 1. The Balaban J connectivity index is 1.95. The highest BCUT2D eigenvalue weighted by Gasteiger charge is 2.04. The van der Waals surface area contributed by atoms with Crippen LogP contribution < -0.4 is 15.0 Å². The van der Waals surface area contributed by atoms with Crippen LogP contribution in [-0.4, -0.2) is 33.4 Å². The van der Waals surface area contributed by atoms with Gasteiger partial charge in [0.05, 0.1) is 6.61 Å². The molecule has 0 radical (unpaired) electrons. The smallest absolute Gasteiger partial charge is 0.124 e. The Morgan fingerprint density at radius 2 is 1.62 bits per heavy atom. The van der Waals surface area contributed by atoms with E-state index in [1.165, 1.54) is 5.69 Å². The Morgan fingerprint density at radius 3 is 2.29 bits per heavy atom. The Morgan fingerprint density at radius 1 is 0.917 bits per heavy atom. The maximum absolute atomic E-state index is 5.77. The van der Waals surface area contributed by atoms with Crippen LogP contribution >= 0.6 is 0 Å². The zero-order valence-corrected chi connectivity index (χ0v) is 14.9. The zero-order chi connectivity index (χ0) is 17.2. The van der Waals surface area contributed by atoms with E-state index in [1.54, 1.807) is 7.11 Å². The standard InChI is InChI=1S/C20H28N2O2/c1-4-22(5-2)19-12-10-18(11-13-19)21-16-17-8-6-7-9-20(17)24-15-14-23-3/h6-13,21H,4-5,14-16H2,1-3H3. The first-order valence-electron chi connectivity index (χ1n) is 8.57. The summed E-state index contributed by atoms with van der Waals surface area (Å²) in [6, 6.07) is 16.7. The van der Waals surface area contributed by atoms with Crippen molar-refractivity contribution in [2.45, 2.75) is 20.4 Å². The van der Waals surface area contributed by atoms with Crippen molar-refractivity contribution in [2.24, 2.45) is 0 Å². The average Bonchev–Trinajstić information content (AvgIpc) is 2.63. The number of anilines is 2. The summed E-state index contributed by atoms with van der Waals surface area (Å²) >= 11 is 0. The highest BCUT2D eigenvalue weighted by Crippen LogP contribution is 2.21. The number of benzene rings is 2. The molecule has 2 aromatic carbocycles. The predicted octanol–water partition coefficient (Wildman–Crippen LogP) is 4.17. The van der Waals surface area contributed by atoms with Gasteiger partial charge >= 0.3 is 0 Å². The number of rotatable bonds is 10. The van der Waals surface area contributed by atoms with Crippen LogP contribution in [0.2, 0.25) is 0 Å². The van der Waals surface area contributed by atoms with Crippen molar-refractivity contribution in [1.82, 2.24) is 0 Å². The van der Waals surface area contributed by atoms with Gasteiger partial charge in [0.2, 0.25) is 0 Å². The van der Waals surface area contributed by atoms with Gasteiger partial charge in [0.25, 0.3) is 0 Å². The monoisotopic (exact) mass is 328 g/mol. The minimum Gasteiger partial charge on any atom is -0.491 e. The lowest BCUT2D eigenvalue weighted by Gasteiger charge is -2.21. The molecule has 4 heteroatoms. The Kier molecular flexibility index (Phi) is 7.43. The van der Waals surface area contributed by atoms with E-state index in [9.17, 15) is 0 Å². The predicted molar refractivity (Wildman–Crippen MR) is 101 cm³/mol. The summed E-state index contributed by atoms with van der Waals surface area (Å²) in [6.45, 7) is 8.28. The first kappa shape index (κ1) is 18.1. The van der Waals surface area contributed by atoms with Crippen molar-refractivity contribution in [2.75, 3.05) is 43.6 Å². The highest BCUT2D eigenvalue weighted by atomic mass is 16.5. The van der Waals surface area contributed by atoms with Crippen molar-refractivity contribution in [3.63, 3.8) is 0 Å². The molecule has 0 spiro atoms. The number of nitrogens with zero attached hydrogens (tertiary/aromatic N) is 1. The van der Waals surface area contributed by atoms with Gasteiger partial charge in [0.15, 0.2) is 0 Å². The lowest BCUT2D eigenvalue weighted by molar-refractivity contribution is 0.146. The SMILES string of the molecule is CCN(CC)c1ccc(NCc2ccccc2OCCOC)cc1. The summed E-state index contributed by atoms with van der Waals surface area (Å²) in [4.78, 5) is 2.34. The second-order valence-electron chi connectivity index (χ2n) is 5.52. The van der Waals surface area contributed by atoms with Gasteiger partial charge in [-0.25, -0.2) is 0 Å². The molecule has 0 aromatic heterocycles. The van der Waals surface area contributed by atoms with Crippen molar-refractivity contribution < 1.29 is 9.47 Å². The summed E-state index contributed by atoms with van der Waals surface area (Å²) in [7, 11) is 1.68. The van der Waals surface area contributed by atoms with Gasteiger partial charge in [0.1, 0.15) is 12.4 Å². The van der Waals surface area contributed by atoms with Crippen LogP contribution in [0.15, 0.2) is 48.5 Å². The van der Waals surface area contributed by atoms with Crippen molar-refractivity contribution in [3.05, 3.63) is 54.1 Å². The van der Waals surface area contributed by atoms with E-state index in [0.717, 1.165) is 36.6 Å². The van der Waals surface area contributed by atoms with Crippen LogP contribution in [0, 0.1) is 0 Å². The molecule has 2 rings (SSSR count). The van der Waals surface area contributed by atoms with Crippen molar-refractivity contribution in [3.8, 4) is 5.75 Å². The fourth-order valence-corrected chi connectivity index (χ4v) is 2.60. The van der Waals surface area contributed by atoms with E-state index >= 15 is 0 Å². The molecular weight excluding hydrogens is 300 g/mol. The van der Waals surface area contributed by atoms with Gasteiger partial charge in [0, 0.05) is 43.7 Å². The average molecular weight is 328 g/mol. The molecule has 1 N–H and O–H groups in total. The van der Waals surface area contributed by atoms with E-state index in [2.05, 4.69) is 54.4 Å². The molecule has 0 atom stereocenters. The molecular formula is C20H28N2O2. The van der Waals surface area contributed by atoms with Gasteiger partial charge in [-0.2, -0.15) is 0 Å². The van der Waals surface area contributed by atoms with Crippen molar-refractivity contribution in [1.29, 1.82) is 0 Å². The van der Waals surface area contributed by atoms with E-state index in [1.807, 2.05) is 18.2 Å². The first-order valence-corrected chi connectivity index (χ1v) is 8.57. The molecule has 0 saturated heterocycles. The maximum atomic E-state index is 5.77. The van der Waals surface area contributed by atoms with Crippen molar-refractivity contribution >= 4 is 11.4 Å². The third-order valence-electron chi connectivity index (χ3n) is 4.00. The fourth-order valence-electron chi connectivity index (χ4n) is 2.60. The second kappa shape index (κ2) is 9.83. The normalized spacial score (nSPS) is 10.5. The van der Waals surface area contributed by atoms with Gasteiger partial charge in [-0.15, -0.1) is 0 Å². The molecule has 24 heavy (non-hydrogen) atoms. The van der Waals surface area contributed by atoms with Gasteiger partial charge in [-0.3, -0.25) is 0 Å². The molecule has 130 valence electrons. The minimum atomic E-state index is 0.562. The molecule has 0 aliphatic carbocycles. The molecule has 0 aliphatic heterocycles. The highest BCUT2D eigenvalue weighted by molar-refractivity contribution is 5.55. The maximum Gasteiger partial charge on any atom is 0.124 e. The summed E-state index contributed by atoms with van der Waals surface area (Å²) in [6.07, 6.45) is 0. The summed E-state index contributed by atoms with van der Waals surface area (Å²) < 4.78 is 10.8. The number of hydrogen-bond acceptors (Lipinski definition) is 4. The van der Waals surface area contributed by atoms with E-state index in [-0.39, 0.29) is 0 Å². The molecule has 2 aromatic rings. The molecule has 0 unspecified atom stereocenters. The first-order chi connectivity index (χ1) is 11.8. The van der Waals surface area contributed by atoms with Crippen LogP contribution in [0.25, 0.3) is 0 Å². The Hall–Kier alpha value is -2.20. The van der Waals surface area contributed by atoms with E-state index in [4.69, 9.17) is 9.47 Å². The molecule has 0 aliphatic rings. The Bertz CT molecular complexity index is 595. The van der Waals surface area contributed by atoms with Crippen LogP contribution in [0.3, 0.4) is 0 Å². The third-order valence-corrected chi connectivity index (χ3v) is 4.00. The minimum absolute atomic E-state index is 0.562. The Labute approximate surface area is 145 Å². The number of nitrogens with one attached hydrogen (secondary N) is 1. The third kappa shape index (κ3) is 5.17. The van der Waals surface area contributed by atoms with E-state index < -0.39 is 0 Å². The molecule has 0 amide bonds. The quantitative estimate of drug-likeness (QED) is 0.664. The lowest BCUT2D eigenvalue weighted by Crippen LogP contribution is -2.21. The van der Waals surface area contributed by atoms with Gasteiger partial charge in [-0.05, 0) is 44.2 Å². The summed E-state index contributed by atoms with van der Waals surface area (Å²) in [5, 5.41) is 3.46. The topological polar surface area (TPSA) is 33.7 Å². The largest absolute Gasteiger partial charge is 0.491 e. The number of methoxy groups -OCH3 is 1. The molecule has 0 bridgehead atoms. The summed E-state index contributed by atoms with van der Waals surface area (Å²) in [5.74, 6) is 0.904. The molecule has 4 nitrogen and oxygen atoms in total. The molecule has 0 heterocycles. The van der Waals surface area contributed by atoms with Crippen LogP contribution in [0.4, 0.5) is 11.4 Å². The van der Waals surface area contributed by atoms with Crippen LogP contribution in [-0.2, 0) is 11.3 Å². The van der Waals surface area contributed by atoms with Gasteiger partial charge < -0.3 is 19.7 Å². The second-order valence-corrected chi connectivity index (χ2v) is 5.52. The lowest BCUT2D eigenvalue weighted by atomic mass is 10.2. The van der Waals surface area contributed by atoms with E-state index in [0.29, 0.717) is 13.2 Å². The van der Waals surface area contributed by atoms with Crippen LogP contribution in [0.5, 0.6) is 5.75 Å². The van der Waals surface area contributed by atoms with Gasteiger partial charge in [-0.1, -0.05) is 18.2 Å². The summed E-state index contributed by atoms with van der Waals surface area (Å²) in [5.41, 5.74) is 3.51. The zero-order valence-electron chi connectivity index (χ0n) is 14.9. The van der Waals surface area contributed by atoms with Crippen LogP contribution in [0.1, 0.15) is 19.4 Å². The number of para-hydroxylation sites is 1. The number of ether oxygens (including phenoxy) is 2.